The number of thiophene rings is 1. The number of hydrogen-bond donors (Lipinski definition) is 1. The van der Waals surface area contributed by atoms with E-state index in [2.05, 4.69) is 26.0 Å². The second kappa shape index (κ2) is 4.26. The highest BCUT2D eigenvalue weighted by Crippen LogP contribution is 2.41. The molecule has 0 radical (unpaired) electrons. The van der Waals surface area contributed by atoms with Gasteiger partial charge in [0.2, 0.25) is 0 Å². The molecule has 84 valence electrons. The number of rotatable bonds is 3. The van der Waals surface area contributed by atoms with Gasteiger partial charge in [0.1, 0.15) is 0 Å². The van der Waals surface area contributed by atoms with Crippen molar-refractivity contribution in [3.05, 3.63) is 21.9 Å². The number of aliphatic hydroxyl groups is 1. The lowest BCUT2D eigenvalue weighted by Gasteiger charge is -2.22. The standard InChI is InChI=1S/C13H20OS/c1-3-11-4-5-12(15-11)9-13(2)7-6-10(14)8-13/h4-5,10,14H,3,6-9H2,1-2H3. The number of aryl methyl sites for hydroxylation is 1. The molecule has 0 aromatic carbocycles. The van der Waals surface area contributed by atoms with Crippen LogP contribution in [0.25, 0.3) is 0 Å². The molecule has 0 aliphatic heterocycles. The Hall–Kier alpha value is -0.340. The number of aliphatic hydroxyl groups excluding tert-OH is 1. The molecule has 2 rings (SSSR count). The molecule has 1 N–H and O–H groups in total. The van der Waals surface area contributed by atoms with Crippen molar-refractivity contribution in [2.75, 3.05) is 0 Å². The van der Waals surface area contributed by atoms with Crippen LogP contribution in [-0.4, -0.2) is 11.2 Å². The molecule has 0 bridgehead atoms. The maximum atomic E-state index is 9.60. The maximum absolute atomic E-state index is 9.60. The van der Waals surface area contributed by atoms with Crippen LogP contribution in [0.1, 0.15) is 42.9 Å². The van der Waals surface area contributed by atoms with E-state index in [9.17, 15) is 5.11 Å². The fourth-order valence-electron chi connectivity index (χ4n) is 2.58. The van der Waals surface area contributed by atoms with Crippen molar-refractivity contribution in [3.8, 4) is 0 Å². The van der Waals surface area contributed by atoms with Gasteiger partial charge in [-0.05, 0) is 49.7 Å². The molecule has 1 fully saturated rings. The summed E-state index contributed by atoms with van der Waals surface area (Å²) in [7, 11) is 0. The second-order valence-electron chi connectivity index (χ2n) is 5.11. The Morgan fingerprint density at radius 2 is 2.20 bits per heavy atom. The van der Waals surface area contributed by atoms with Gasteiger partial charge >= 0.3 is 0 Å². The quantitative estimate of drug-likeness (QED) is 0.834. The van der Waals surface area contributed by atoms with E-state index in [1.807, 2.05) is 11.3 Å². The summed E-state index contributed by atoms with van der Waals surface area (Å²) in [5.74, 6) is 0. The van der Waals surface area contributed by atoms with E-state index >= 15 is 0 Å². The van der Waals surface area contributed by atoms with Crippen LogP contribution in [-0.2, 0) is 12.8 Å². The SMILES string of the molecule is CCc1ccc(CC2(C)CCC(O)C2)s1. The summed E-state index contributed by atoms with van der Waals surface area (Å²) in [5.41, 5.74) is 0.343. The topological polar surface area (TPSA) is 20.2 Å². The summed E-state index contributed by atoms with van der Waals surface area (Å²) in [5, 5.41) is 9.60. The zero-order valence-corrected chi connectivity index (χ0v) is 10.4. The van der Waals surface area contributed by atoms with Crippen molar-refractivity contribution in [2.24, 2.45) is 5.41 Å². The average molecular weight is 224 g/mol. The Labute approximate surface area is 96.1 Å². The van der Waals surface area contributed by atoms with E-state index in [-0.39, 0.29) is 6.10 Å². The van der Waals surface area contributed by atoms with Gasteiger partial charge in [0, 0.05) is 9.75 Å². The van der Waals surface area contributed by atoms with E-state index in [1.165, 1.54) is 16.2 Å². The summed E-state index contributed by atoms with van der Waals surface area (Å²) in [6.07, 6.45) is 5.38. The maximum Gasteiger partial charge on any atom is 0.0545 e. The molecule has 1 heterocycles. The van der Waals surface area contributed by atoms with Crippen LogP contribution in [0, 0.1) is 5.41 Å². The van der Waals surface area contributed by atoms with Crippen molar-refractivity contribution >= 4 is 11.3 Å². The fraction of sp³-hybridized carbons (Fsp3) is 0.692. The third kappa shape index (κ3) is 2.61. The molecule has 1 aliphatic carbocycles. The third-order valence-corrected chi connectivity index (χ3v) is 4.71. The first-order chi connectivity index (χ1) is 7.11. The summed E-state index contributed by atoms with van der Waals surface area (Å²) in [6, 6.07) is 4.51. The molecule has 1 saturated carbocycles. The first-order valence-electron chi connectivity index (χ1n) is 5.87. The molecule has 1 aromatic rings. The van der Waals surface area contributed by atoms with Crippen molar-refractivity contribution in [3.63, 3.8) is 0 Å². The number of hydrogen-bond acceptors (Lipinski definition) is 2. The molecule has 1 aromatic heterocycles. The molecule has 15 heavy (non-hydrogen) atoms. The van der Waals surface area contributed by atoms with Crippen molar-refractivity contribution < 1.29 is 5.11 Å². The normalized spacial score (nSPS) is 31.0. The van der Waals surface area contributed by atoms with Gasteiger partial charge in [-0.15, -0.1) is 11.3 Å². The Morgan fingerprint density at radius 1 is 1.47 bits per heavy atom. The molecule has 0 amide bonds. The highest BCUT2D eigenvalue weighted by atomic mass is 32.1. The highest BCUT2D eigenvalue weighted by Gasteiger charge is 2.34. The van der Waals surface area contributed by atoms with Crippen molar-refractivity contribution in [2.45, 2.75) is 52.1 Å². The minimum Gasteiger partial charge on any atom is -0.393 e. The van der Waals surface area contributed by atoms with Crippen LogP contribution in [0.4, 0.5) is 0 Å². The Bertz CT molecular complexity index is 331. The summed E-state index contributed by atoms with van der Waals surface area (Å²) < 4.78 is 0. The Kier molecular flexibility index (Phi) is 3.17. The molecular weight excluding hydrogens is 204 g/mol. The predicted molar refractivity (Wildman–Crippen MR) is 65.4 cm³/mol. The lowest BCUT2D eigenvalue weighted by molar-refractivity contribution is 0.164. The van der Waals surface area contributed by atoms with Gasteiger partial charge in [-0.25, -0.2) is 0 Å². The van der Waals surface area contributed by atoms with E-state index in [0.717, 1.165) is 25.7 Å². The molecule has 2 unspecified atom stereocenters. The Morgan fingerprint density at radius 3 is 2.73 bits per heavy atom. The van der Waals surface area contributed by atoms with Crippen LogP contribution in [0.3, 0.4) is 0 Å². The average Bonchev–Trinajstić information content (AvgIpc) is 2.74. The summed E-state index contributed by atoms with van der Waals surface area (Å²) >= 11 is 1.94. The van der Waals surface area contributed by atoms with Crippen LogP contribution in [0.5, 0.6) is 0 Å². The van der Waals surface area contributed by atoms with Gasteiger partial charge in [-0.3, -0.25) is 0 Å². The third-order valence-electron chi connectivity index (χ3n) is 3.48. The molecular formula is C13H20OS. The smallest absolute Gasteiger partial charge is 0.0545 e. The van der Waals surface area contributed by atoms with Crippen LogP contribution in [0.15, 0.2) is 12.1 Å². The predicted octanol–water partition coefficient (Wildman–Crippen LogP) is 3.40. The minimum absolute atomic E-state index is 0.0550. The molecule has 1 aliphatic rings. The second-order valence-corrected chi connectivity index (χ2v) is 6.36. The molecule has 0 spiro atoms. The van der Waals surface area contributed by atoms with Crippen LogP contribution >= 0.6 is 11.3 Å². The van der Waals surface area contributed by atoms with Crippen LogP contribution < -0.4 is 0 Å². The highest BCUT2D eigenvalue weighted by molar-refractivity contribution is 7.11. The van der Waals surface area contributed by atoms with Gasteiger partial charge in [0.05, 0.1) is 6.10 Å². The van der Waals surface area contributed by atoms with E-state index in [4.69, 9.17) is 0 Å². The lowest BCUT2D eigenvalue weighted by atomic mass is 9.84. The molecule has 2 heteroatoms. The van der Waals surface area contributed by atoms with Crippen molar-refractivity contribution in [1.82, 2.24) is 0 Å². The summed E-state index contributed by atoms with van der Waals surface area (Å²) in [6.45, 7) is 4.52. The van der Waals surface area contributed by atoms with Gasteiger partial charge in [-0.2, -0.15) is 0 Å². The van der Waals surface area contributed by atoms with E-state index in [1.54, 1.807) is 0 Å². The fourth-order valence-corrected chi connectivity index (χ4v) is 3.75. The van der Waals surface area contributed by atoms with E-state index < -0.39 is 0 Å². The minimum atomic E-state index is -0.0550. The summed E-state index contributed by atoms with van der Waals surface area (Å²) in [4.78, 5) is 2.97. The largest absolute Gasteiger partial charge is 0.393 e. The first-order valence-corrected chi connectivity index (χ1v) is 6.68. The lowest BCUT2D eigenvalue weighted by Crippen LogP contribution is -2.15. The zero-order chi connectivity index (χ0) is 10.9. The monoisotopic (exact) mass is 224 g/mol. The van der Waals surface area contributed by atoms with Gasteiger partial charge in [0.25, 0.3) is 0 Å². The van der Waals surface area contributed by atoms with Crippen LogP contribution in [0.2, 0.25) is 0 Å². The molecule has 2 atom stereocenters. The van der Waals surface area contributed by atoms with Gasteiger partial charge in [0.15, 0.2) is 0 Å². The zero-order valence-electron chi connectivity index (χ0n) is 9.62. The molecule has 0 saturated heterocycles. The first kappa shape index (κ1) is 11.2. The molecule has 1 nitrogen and oxygen atoms in total. The Balaban J connectivity index is 2.02. The van der Waals surface area contributed by atoms with Crippen molar-refractivity contribution in [1.29, 1.82) is 0 Å². The van der Waals surface area contributed by atoms with Gasteiger partial charge in [-0.1, -0.05) is 13.8 Å². The van der Waals surface area contributed by atoms with E-state index in [0.29, 0.717) is 5.41 Å². The van der Waals surface area contributed by atoms with Gasteiger partial charge < -0.3 is 5.11 Å².